The van der Waals surface area contributed by atoms with Crippen LogP contribution in [0.25, 0.3) is 0 Å². The van der Waals surface area contributed by atoms with Crippen LogP contribution < -0.4 is 10.2 Å². The van der Waals surface area contributed by atoms with Gasteiger partial charge in [0.2, 0.25) is 0 Å². The number of β-amino-alcohol motifs (C(OH)–C–C–N with tert-alkyl or cyclic N) is 1. The smallest absolute Gasteiger partial charge is 0.290 e. The molecule has 0 radical (unpaired) electrons. The van der Waals surface area contributed by atoms with Crippen LogP contribution in [0.4, 0.5) is 5.82 Å². The van der Waals surface area contributed by atoms with Crippen LogP contribution in [0.15, 0.2) is 0 Å². The highest BCUT2D eigenvalue weighted by molar-refractivity contribution is 5.96. The summed E-state index contributed by atoms with van der Waals surface area (Å²) in [4.78, 5) is 34.8. The van der Waals surface area contributed by atoms with Gasteiger partial charge in [0.1, 0.15) is 17.3 Å². The summed E-state index contributed by atoms with van der Waals surface area (Å²) < 4.78 is 0. The fraction of sp³-hybridized carbons (Fsp3) is 0.714. The molecule has 0 aromatic carbocycles. The zero-order chi connectivity index (χ0) is 21.7. The minimum Gasteiger partial charge on any atom is -0.483 e. The fourth-order valence-corrected chi connectivity index (χ4v) is 4.59. The molecule has 0 saturated carbocycles. The largest absolute Gasteiger partial charge is 0.483 e. The van der Waals surface area contributed by atoms with E-state index in [1.54, 1.807) is 0 Å². The lowest BCUT2D eigenvalue weighted by Crippen LogP contribution is -2.45. The first kappa shape index (κ1) is 22.4. The zero-order valence-electron chi connectivity index (χ0n) is 17.9. The second-order valence-corrected chi connectivity index (χ2v) is 8.64. The molecule has 2 fully saturated rings. The SMILES string of the molecule is CC(C)Cc1nc2c(c(N3C[C@H](O)[C@@H](N4CCCCC4)C3)n1)CCNC2=O.O=CO. The summed E-state index contributed by atoms with van der Waals surface area (Å²) >= 11 is 0. The van der Waals surface area contributed by atoms with Gasteiger partial charge >= 0.3 is 0 Å². The summed E-state index contributed by atoms with van der Waals surface area (Å²) in [5.74, 6) is 1.92. The number of carboxylic acid groups (broad SMARTS) is 1. The van der Waals surface area contributed by atoms with Crippen molar-refractivity contribution in [3.8, 4) is 0 Å². The Kier molecular flexibility index (Phi) is 7.60. The van der Waals surface area contributed by atoms with Gasteiger partial charge < -0.3 is 20.4 Å². The molecule has 4 heterocycles. The number of carbonyl (C=O) groups excluding carboxylic acids is 1. The topological polar surface area (TPSA) is 119 Å². The number of piperidine rings is 1. The van der Waals surface area contributed by atoms with Crippen LogP contribution in [-0.4, -0.2) is 82.3 Å². The molecule has 1 amide bonds. The molecule has 0 spiro atoms. The maximum Gasteiger partial charge on any atom is 0.290 e. The Morgan fingerprint density at radius 1 is 1.20 bits per heavy atom. The van der Waals surface area contributed by atoms with E-state index in [9.17, 15) is 9.90 Å². The molecule has 166 valence electrons. The monoisotopic (exact) mass is 419 g/mol. The number of hydrogen-bond donors (Lipinski definition) is 3. The van der Waals surface area contributed by atoms with E-state index >= 15 is 0 Å². The molecule has 2 atom stereocenters. The number of carbonyl (C=O) groups is 2. The molecule has 1 aromatic rings. The average Bonchev–Trinajstić information content (AvgIpc) is 3.10. The van der Waals surface area contributed by atoms with Crippen LogP contribution in [-0.2, 0) is 17.6 Å². The summed E-state index contributed by atoms with van der Waals surface area (Å²) in [6.45, 7) is 8.12. The van der Waals surface area contributed by atoms with E-state index in [1.165, 1.54) is 19.3 Å². The van der Waals surface area contributed by atoms with Crippen molar-refractivity contribution in [2.45, 2.75) is 58.1 Å². The van der Waals surface area contributed by atoms with Gasteiger partial charge in [-0.05, 0) is 38.3 Å². The molecule has 0 aliphatic carbocycles. The van der Waals surface area contributed by atoms with E-state index in [-0.39, 0.29) is 24.5 Å². The second kappa shape index (κ2) is 10.2. The number of fused-ring (bicyclic) bond motifs is 1. The predicted octanol–water partition coefficient (Wildman–Crippen LogP) is 0.697. The van der Waals surface area contributed by atoms with E-state index in [1.807, 2.05) is 0 Å². The van der Waals surface area contributed by atoms with Gasteiger partial charge in [0.05, 0.1) is 12.1 Å². The van der Waals surface area contributed by atoms with Crippen molar-refractivity contribution in [2.24, 2.45) is 5.92 Å². The Morgan fingerprint density at radius 3 is 2.57 bits per heavy atom. The van der Waals surface area contributed by atoms with Gasteiger partial charge in [0.15, 0.2) is 0 Å². The van der Waals surface area contributed by atoms with E-state index in [0.29, 0.717) is 24.7 Å². The van der Waals surface area contributed by atoms with Crippen molar-refractivity contribution < 1.29 is 19.8 Å². The lowest BCUT2D eigenvalue weighted by Gasteiger charge is -2.33. The van der Waals surface area contributed by atoms with Gasteiger partial charge in [-0.25, -0.2) is 9.97 Å². The maximum absolute atomic E-state index is 12.4. The van der Waals surface area contributed by atoms with Crippen LogP contribution >= 0.6 is 0 Å². The first-order valence-corrected chi connectivity index (χ1v) is 10.9. The Labute approximate surface area is 177 Å². The van der Waals surface area contributed by atoms with Crippen LogP contribution in [0.3, 0.4) is 0 Å². The number of nitrogens with one attached hydrogen (secondary N) is 1. The molecule has 9 heteroatoms. The maximum atomic E-state index is 12.4. The minimum atomic E-state index is -0.375. The molecule has 1 aromatic heterocycles. The Bertz CT molecular complexity index is 751. The van der Waals surface area contributed by atoms with Crippen molar-refractivity contribution >= 4 is 18.2 Å². The number of aliphatic hydroxyl groups is 1. The lowest BCUT2D eigenvalue weighted by molar-refractivity contribution is -0.122. The van der Waals surface area contributed by atoms with Gasteiger partial charge in [-0.15, -0.1) is 0 Å². The molecule has 9 nitrogen and oxygen atoms in total. The highest BCUT2D eigenvalue weighted by atomic mass is 16.3. The van der Waals surface area contributed by atoms with Gasteiger partial charge in [-0.1, -0.05) is 20.3 Å². The van der Waals surface area contributed by atoms with Crippen LogP contribution in [0.5, 0.6) is 0 Å². The minimum absolute atomic E-state index is 0.0998. The van der Waals surface area contributed by atoms with Crippen LogP contribution in [0, 0.1) is 5.92 Å². The number of nitrogens with zero attached hydrogens (tertiary/aromatic N) is 4. The lowest BCUT2D eigenvalue weighted by atomic mass is 10.0. The quantitative estimate of drug-likeness (QED) is 0.610. The number of anilines is 1. The Balaban J connectivity index is 0.000000806. The van der Waals surface area contributed by atoms with Gasteiger partial charge in [-0.3, -0.25) is 14.5 Å². The zero-order valence-corrected chi connectivity index (χ0v) is 17.9. The number of amides is 1. The molecule has 0 unspecified atom stereocenters. The highest BCUT2D eigenvalue weighted by Gasteiger charge is 2.38. The third-order valence-corrected chi connectivity index (χ3v) is 5.92. The van der Waals surface area contributed by atoms with E-state index in [0.717, 1.165) is 49.7 Å². The third kappa shape index (κ3) is 5.07. The Hall–Kier alpha value is -2.26. The highest BCUT2D eigenvalue weighted by Crippen LogP contribution is 2.30. The van der Waals surface area contributed by atoms with Crippen molar-refractivity contribution in [3.63, 3.8) is 0 Å². The van der Waals surface area contributed by atoms with Crippen molar-refractivity contribution in [1.82, 2.24) is 20.2 Å². The summed E-state index contributed by atoms with van der Waals surface area (Å²) in [6, 6.07) is 0.155. The normalized spacial score (nSPS) is 24.1. The molecule has 3 N–H and O–H groups in total. The second-order valence-electron chi connectivity index (χ2n) is 8.64. The first-order chi connectivity index (χ1) is 14.4. The van der Waals surface area contributed by atoms with Gasteiger partial charge in [0, 0.05) is 31.6 Å². The average molecular weight is 420 g/mol. The number of aliphatic hydroxyl groups excluding tert-OH is 1. The first-order valence-electron chi connectivity index (χ1n) is 10.9. The van der Waals surface area contributed by atoms with Crippen LogP contribution in [0.2, 0.25) is 0 Å². The van der Waals surface area contributed by atoms with E-state index in [2.05, 4.69) is 33.9 Å². The summed E-state index contributed by atoms with van der Waals surface area (Å²) in [5.41, 5.74) is 1.47. The van der Waals surface area contributed by atoms with Crippen molar-refractivity contribution in [2.75, 3.05) is 37.6 Å². The van der Waals surface area contributed by atoms with E-state index in [4.69, 9.17) is 14.9 Å². The molecular weight excluding hydrogens is 386 g/mol. The van der Waals surface area contributed by atoms with Crippen molar-refractivity contribution in [1.29, 1.82) is 0 Å². The molecule has 30 heavy (non-hydrogen) atoms. The summed E-state index contributed by atoms with van der Waals surface area (Å²) in [7, 11) is 0. The number of rotatable bonds is 4. The molecule has 3 aliphatic rings. The molecule has 4 rings (SSSR count). The van der Waals surface area contributed by atoms with Gasteiger partial charge in [0.25, 0.3) is 12.4 Å². The predicted molar refractivity (Wildman–Crippen MR) is 113 cm³/mol. The fourth-order valence-electron chi connectivity index (χ4n) is 4.59. The number of likely N-dealkylation sites (tertiary alicyclic amines) is 1. The summed E-state index contributed by atoms with van der Waals surface area (Å²) in [6.07, 6.45) is 4.84. The molecular formula is C21H33N5O4. The van der Waals surface area contributed by atoms with Gasteiger partial charge in [-0.2, -0.15) is 0 Å². The molecule has 0 bridgehead atoms. The Morgan fingerprint density at radius 2 is 1.90 bits per heavy atom. The van der Waals surface area contributed by atoms with Crippen LogP contribution in [0.1, 0.15) is 55.0 Å². The summed E-state index contributed by atoms with van der Waals surface area (Å²) in [5, 5.41) is 20.5. The number of hydrogen-bond acceptors (Lipinski definition) is 7. The third-order valence-electron chi connectivity index (χ3n) is 5.92. The van der Waals surface area contributed by atoms with E-state index < -0.39 is 0 Å². The standard InChI is InChI=1S/C20H31N5O2.CH2O2/c1-13(2)10-17-22-18-14(6-7-21-20(18)27)19(23-17)25-11-15(16(26)12-25)24-8-4-3-5-9-24;2-1-3/h13,15-16,26H,3-12H2,1-2H3,(H,21,27);1H,(H,2,3)/t15-,16-;/m0./s1. The van der Waals surface area contributed by atoms with Crippen molar-refractivity contribution in [3.05, 3.63) is 17.1 Å². The molecule has 3 aliphatic heterocycles. The molecule has 2 saturated heterocycles. The number of aromatic nitrogens is 2.